The molecule has 0 aromatic heterocycles. The maximum absolute atomic E-state index is 12.9. The fraction of sp³-hybridized carbons (Fsp3) is 0.519. The van der Waals surface area contributed by atoms with E-state index in [9.17, 15) is 14.4 Å². The molecule has 460 valence electrons. The van der Waals surface area contributed by atoms with Crippen molar-refractivity contribution in [1.82, 2.24) is 0 Å². The molecule has 83 heavy (non-hydrogen) atoms. The number of unbranched alkanes of at least 4 members (excludes halogenated alkanes) is 11. The Bertz CT molecular complexity index is 2030. The molecule has 0 rings (SSSR count). The minimum absolute atomic E-state index is 0.127. The highest BCUT2D eigenvalue weighted by Crippen LogP contribution is 2.13. The number of carbonyl (C=O) groups is 3. The van der Waals surface area contributed by atoms with Crippen LogP contribution in [0.2, 0.25) is 0 Å². The molecule has 0 radical (unpaired) electrons. The predicted molar refractivity (Wildman–Crippen MR) is 361 cm³/mol. The number of esters is 3. The van der Waals surface area contributed by atoms with Crippen molar-refractivity contribution in [3.05, 3.63) is 207 Å². The molecular weight excluding hydrogens is 1020 g/mol. The third-order valence-electron chi connectivity index (χ3n) is 12.8. The van der Waals surface area contributed by atoms with E-state index in [0.29, 0.717) is 19.3 Å². The Morgan fingerprint density at radius 1 is 0.241 bits per heavy atom. The van der Waals surface area contributed by atoms with Crippen molar-refractivity contribution in [3.8, 4) is 0 Å². The van der Waals surface area contributed by atoms with Crippen LogP contribution in [0, 0.1) is 0 Å². The van der Waals surface area contributed by atoms with Crippen molar-refractivity contribution in [2.75, 3.05) is 13.2 Å². The topological polar surface area (TPSA) is 78.9 Å². The number of ether oxygens (including phenoxy) is 3. The van der Waals surface area contributed by atoms with Gasteiger partial charge in [0.2, 0.25) is 0 Å². The third kappa shape index (κ3) is 66.7. The molecule has 0 heterocycles. The smallest absolute Gasteiger partial charge is 0.306 e. The Labute approximate surface area is 509 Å². The largest absolute Gasteiger partial charge is 0.462 e. The number of allylic oxidation sites excluding steroid dienone is 34. The first kappa shape index (κ1) is 77.0. The Balaban J connectivity index is 4.60. The second-order valence-corrected chi connectivity index (χ2v) is 20.5. The summed E-state index contributed by atoms with van der Waals surface area (Å²) in [5, 5.41) is 0. The summed E-state index contributed by atoms with van der Waals surface area (Å²) in [6, 6.07) is 0. The maximum atomic E-state index is 12.9. The SMILES string of the molecule is CC/C=C\C/C=C\C/C=C\C/C=C\C/C=C\C/C=C\C/C=C\C/C=C\CCCCC(=O)OCC(COC(=O)CCCCCCCCC/C=C\C/C=C\C/C=C\CC)OC(=O)CCCC/C=C\C/C=C\C/C=C\C/C=C\C/C=C\C/C=C\CC. The van der Waals surface area contributed by atoms with Gasteiger partial charge < -0.3 is 14.2 Å². The van der Waals surface area contributed by atoms with Crippen molar-refractivity contribution < 1.29 is 28.6 Å². The van der Waals surface area contributed by atoms with Gasteiger partial charge in [0.15, 0.2) is 6.10 Å². The van der Waals surface area contributed by atoms with Crippen LogP contribution in [-0.2, 0) is 28.6 Å². The third-order valence-corrected chi connectivity index (χ3v) is 12.8. The summed E-state index contributed by atoms with van der Waals surface area (Å²) in [5.74, 6) is -1.04. The van der Waals surface area contributed by atoms with Crippen LogP contribution in [0.15, 0.2) is 207 Å². The van der Waals surface area contributed by atoms with Crippen LogP contribution in [0.25, 0.3) is 0 Å². The fourth-order valence-electron chi connectivity index (χ4n) is 8.00. The lowest BCUT2D eigenvalue weighted by molar-refractivity contribution is -0.167. The van der Waals surface area contributed by atoms with E-state index in [4.69, 9.17) is 14.2 Å². The Morgan fingerprint density at radius 2 is 0.434 bits per heavy atom. The monoisotopic (exact) mass is 1140 g/mol. The number of rotatable bonds is 56. The van der Waals surface area contributed by atoms with Crippen LogP contribution < -0.4 is 0 Å². The van der Waals surface area contributed by atoms with Gasteiger partial charge in [0.1, 0.15) is 13.2 Å². The van der Waals surface area contributed by atoms with Gasteiger partial charge >= 0.3 is 17.9 Å². The predicted octanol–water partition coefficient (Wildman–Crippen LogP) is 22.8. The second kappa shape index (κ2) is 68.5. The van der Waals surface area contributed by atoms with Gasteiger partial charge in [-0.15, -0.1) is 0 Å². The van der Waals surface area contributed by atoms with Crippen LogP contribution in [0.3, 0.4) is 0 Å². The first-order valence-corrected chi connectivity index (χ1v) is 32.6. The molecule has 0 amide bonds. The zero-order valence-electron chi connectivity index (χ0n) is 52.6. The van der Waals surface area contributed by atoms with Gasteiger partial charge in [-0.25, -0.2) is 0 Å². The normalized spacial score (nSPS) is 13.5. The van der Waals surface area contributed by atoms with Gasteiger partial charge in [-0.1, -0.05) is 259 Å². The molecule has 0 aromatic carbocycles. The fourth-order valence-corrected chi connectivity index (χ4v) is 8.00. The molecule has 0 saturated heterocycles. The standard InChI is InChI=1S/C77H116O6/c1-4-7-10-13-16-19-22-25-28-31-33-35-36-37-38-39-40-42-43-46-49-52-55-58-61-64-67-70-76(79)82-73-74(72-81-75(78)69-66-63-60-57-54-51-48-45-30-27-24-21-18-15-12-9-6-3)83-77(80)71-68-65-62-59-56-53-50-47-44-41-34-32-29-26-23-20-17-14-11-8-5-2/h7-12,16-21,25-30,33-35,37-38,40-42,46-47,49-50,55-56,58-59,74H,4-6,13-15,22-24,31-32,36,39,43-45,48,51-54,57,60-73H2,1-3H3/b10-7-,11-8-,12-9-,19-16-,20-17-,21-18-,28-25-,29-26-,30-27-,35-33-,38-37-,41-34-,42-40-,49-46-,50-47-,58-55-,59-56-. The number of hydrogen-bond donors (Lipinski definition) is 0. The van der Waals surface area contributed by atoms with Crippen molar-refractivity contribution in [3.63, 3.8) is 0 Å². The lowest BCUT2D eigenvalue weighted by atomic mass is 10.1. The van der Waals surface area contributed by atoms with Crippen LogP contribution in [0.1, 0.15) is 239 Å². The lowest BCUT2D eigenvalue weighted by Gasteiger charge is -2.18. The van der Waals surface area contributed by atoms with Gasteiger partial charge in [0.25, 0.3) is 0 Å². The Kier molecular flexibility index (Phi) is 63.5. The molecule has 0 bridgehead atoms. The quantitative estimate of drug-likeness (QED) is 0.0261. The van der Waals surface area contributed by atoms with Gasteiger partial charge in [-0.3, -0.25) is 14.4 Å². The Hall–Kier alpha value is -6.01. The molecule has 0 aliphatic rings. The molecule has 0 saturated carbocycles. The van der Waals surface area contributed by atoms with Gasteiger partial charge in [-0.05, 0) is 167 Å². The van der Waals surface area contributed by atoms with E-state index in [1.807, 2.05) is 0 Å². The van der Waals surface area contributed by atoms with Crippen LogP contribution in [-0.4, -0.2) is 37.2 Å². The molecule has 0 aromatic rings. The van der Waals surface area contributed by atoms with E-state index >= 15 is 0 Å². The summed E-state index contributed by atoms with van der Waals surface area (Å²) in [6.45, 7) is 6.20. The molecule has 0 spiro atoms. The molecule has 1 atom stereocenters. The van der Waals surface area contributed by atoms with Crippen LogP contribution >= 0.6 is 0 Å². The zero-order valence-corrected chi connectivity index (χ0v) is 52.6. The number of hydrogen-bond acceptors (Lipinski definition) is 6. The maximum Gasteiger partial charge on any atom is 0.306 e. The average molecular weight is 1140 g/mol. The molecule has 0 aliphatic carbocycles. The first-order chi connectivity index (χ1) is 41.0. The van der Waals surface area contributed by atoms with Crippen molar-refractivity contribution in [2.24, 2.45) is 0 Å². The van der Waals surface area contributed by atoms with E-state index in [2.05, 4.69) is 227 Å². The summed E-state index contributed by atoms with van der Waals surface area (Å²) in [6.07, 6.45) is 105. The highest BCUT2D eigenvalue weighted by molar-refractivity contribution is 5.71. The summed E-state index contributed by atoms with van der Waals surface area (Å²) < 4.78 is 16.9. The lowest BCUT2D eigenvalue weighted by Crippen LogP contribution is -2.30. The minimum atomic E-state index is -0.839. The molecule has 0 N–H and O–H groups in total. The van der Waals surface area contributed by atoms with E-state index < -0.39 is 6.10 Å². The van der Waals surface area contributed by atoms with Crippen molar-refractivity contribution >= 4 is 17.9 Å². The molecule has 6 nitrogen and oxygen atoms in total. The minimum Gasteiger partial charge on any atom is -0.462 e. The molecule has 0 fully saturated rings. The van der Waals surface area contributed by atoms with E-state index in [1.54, 1.807) is 0 Å². The highest BCUT2D eigenvalue weighted by atomic mass is 16.6. The van der Waals surface area contributed by atoms with Gasteiger partial charge in [0, 0.05) is 19.3 Å². The summed E-state index contributed by atoms with van der Waals surface area (Å²) in [7, 11) is 0. The molecule has 0 aliphatic heterocycles. The van der Waals surface area contributed by atoms with E-state index in [-0.39, 0.29) is 44.0 Å². The van der Waals surface area contributed by atoms with Gasteiger partial charge in [-0.2, -0.15) is 0 Å². The zero-order chi connectivity index (χ0) is 59.9. The van der Waals surface area contributed by atoms with Crippen LogP contribution in [0.5, 0.6) is 0 Å². The number of carbonyl (C=O) groups excluding carboxylic acids is 3. The summed E-state index contributed by atoms with van der Waals surface area (Å²) >= 11 is 0. The van der Waals surface area contributed by atoms with Crippen LogP contribution in [0.4, 0.5) is 0 Å². The van der Waals surface area contributed by atoms with Crippen molar-refractivity contribution in [2.45, 2.75) is 245 Å². The summed E-state index contributed by atoms with van der Waals surface area (Å²) in [5.41, 5.74) is 0. The van der Waals surface area contributed by atoms with E-state index in [1.165, 1.54) is 25.7 Å². The van der Waals surface area contributed by atoms with E-state index in [0.717, 1.165) is 161 Å². The molecular formula is C77H116O6. The average Bonchev–Trinajstić information content (AvgIpc) is 3.49. The van der Waals surface area contributed by atoms with Crippen molar-refractivity contribution in [1.29, 1.82) is 0 Å². The van der Waals surface area contributed by atoms with Gasteiger partial charge in [0.05, 0.1) is 0 Å². The summed E-state index contributed by atoms with van der Waals surface area (Å²) in [4.78, 5) is 38.4. The second-order valence-electron chi connectivity index (χ2n) is 20.5. The molecule has 1 unspecified atom stereocenters. The molecule has 6 heteroatoms. The Morgan fingerprint density at radius 3 is 0.699 bits per heavy atom. The highest BCUT2D eigenvalue weighted by Gasteiger charge is 2.19. The first-order valence-electron chi connectivity index (χ1n) is 32.6.